The molecule has 4 aromatic rings. The van der Waals surface area contributed by atoms with Gasteiger partial charge >= 0.3 is 0 Å². The highest BCUT2D eigenvalue weighted by Gasteiger charge is 2.21. The van der Waals surface area contributed by atoms with E-state index in [-0.39, 0.29) is 16.9 Å². The molecule has 3 aromatic carbocycles. The number of fused-ring (bicyclic) bond motifs is 1. The third kappa shape index (κ3) is 4.21. The Morgan fingerprint density at radius 3 is 2.21 bits per heavy atom. The van der Waals surface area contributed by atoms with E-state index in [4.69, 9.17) is 13.9 Å². The summed E-state index contributed by atoms with van der Waals surface area (Å²) in [6.45, 7) is 3.38. The predicted molar refractivity (Wildman–Crippen MR) is 130 cm³/mol. The van der Waals surface area contributed by atoms with E-state index in [1.807, 2.05) is 12.1 Å². The summed E-state index contributed by atoms with van der Waals surface area (Å²) in [5.74, 6) is 1.67. The highest BCUT2D eigenvalue weighted by Crippen LogP contribution is 2.44. The Morgan fingerprint density at radius 2 is 1.55 bits per heavy atom. The molecule has 0 saturated carbocycles. The zero-order chi connectivity index (χ0) is 23.7. The summed E-state index contributed by atoms with van der Waals surface area (Å²) in [5, 5.41) is 20.6. The summed E-state index contributed by atoms with van der Waals surface area (Å²) in [7, 11) is 3.07. The molecule has 33 heavy (non-hydrogen) atoms. The van der Waals surface area contributed by atoms with Gasteiger partial charge in [-0.25, -0.2) is 0 Å². The smallest absolute Gasteiger partial charge is 0.190 e. The van der Waals surface area contributed by atoms with E-state index >= 15 is 0 Å². The first-order valence-corrected chi connectivity index (χ1v) is 10.8. The Morgan fingerprint density at radius 1 is 0.879 bits per heavy atom. The van der Waals surface area contributed by atoms with Crippen LogP contribution in [0.15, 0.2) is 72.4 Å². The van der Waals surface area contributed by atoms with E-state index in [1.54, 1.807) is 51.3 Å². The molecule has 1 N–H and O–H groups in total. The molecule has 8 heteroatoms. The Balaban J connectivity index is 2.05. The topological polar surface area (TPSA) is 93.6 Å². The second-order valence-corrected chi connectivity index (χ2v) is 8.25. The minimum Gasteiger partial charge on any atom is -0.505 e. The van der Waals surface area contributed by atoms with Gasteiger partial charge in [-0.3, -0.25) is 4.79 Å². The Kier molecular flexibility index (Phi) is 6.20. The van der Waals surface area contributed by atoms with Crippen molar-refractivity contribution < 1.29 is 19.0 Å². The number of aromatic hydroxyl groups is 1. The van der Waals surface area contributed by atoms with Gasteiger partial charge in [-0.05, 0) is 61.9 Å². The summed E-state index contributed by atoms with van der Waals surface area (Å²) >= 11 is 3.39. The number of halogens is 1. The van der Waals surface area contributed by atoms with Crippen LogP contribution in [0.2, 0.25) is 0 Å². The van der Waals surface area contributed by atoms with Crippen molar-refractivity contribution in [2.45, 2.75) is 13.8 Å². The van der Waals surface area contributed by atoms with Gasteiger partial charge in [0.1, 0.15) is 17.2 Å². The van der Waals surface area contributed by atoms with Crippen LogP contribution in [-0.4, -0.2) is 19.3 Å². The molecule has 0 aliphatic rings. The van der Waals surface area contributed by atoms with Crippen LogP contribution in [0, 0.1) is 13.8 Å². The fourth-order valence-corrected chi connectivity index (χ4v) is 3.99. The summed E-state index contributed by atoms with van der Waals surface area (Å²) in [6.07, 6.45) is 0. The number of hydrogen-bond acceptors (Lipinski definition) is 7. The number of methoxy groups -OCH3 is 2. The number of ether oxygens (including phenoxy) is 2. The number of rotatable bonds is 5. The molecular formula is C25H21BrN2O5. The van der Waals surface area contributed by atoms with Crippen LogP contribution in [0.3, 0.4) is 0 Å². The van der Waals surface area contributed by atoms with Crippen molar-refractivity contribution in [3.05, 3.63) is 74.7 Å². The van der Waals surface area contributed by atoms with Crippen LogP contribution in [0.25, 0.3) is 21.9 Å². The van der Waals surface area contributed by atoms with Crippen molar-refractivity contribution in [3.63, 3.8) is 0 Å². The molecule has 0 aliphatic carbocycles. The van der Waals surface area contributed by atoms with Gasteiger partial charge in [0.15, 0.2) is 22.7 Å². The van der Waals surface area contributed by atoms with Crippen molar-refractivity contribution >= 4 is 38.1 Å². The van der Waals surface area contributed by atoms with Crippen molar-refractivity contribution in [2.24, 2.45) is 10.2 Å². The first kappa shape index (κ1) is 22.5. The van der Waals surface area contributed by atoms with Crippen LogP contribution < -0.4 is 14.9 Å². The second-order valence-electron chi connectivity index (χ2n) is 7.33. The molecule has 0 atom stereocenters. The molecule has 4 rings (SSSR count). The summed E-state index contributed by atoms with van der Waals surface area (Å²) < 4.78 is 17.3. The number of nitrogens with zero attached hydrogens (tertiary/aromatic N) is 2. The van der Waals surface area contributed by atoms with Gasteiger partial charge in [0.05, 0.1) is 30.7 Å². The summed E-state index contributed by atoms with van der Waals surface area (Å²) in [6, 6.07) is 13.9. The van der Waals surface area contributed by atoms with E-state index in [9.17, 15) is 9.90 Å². The van der Waals surface area contributed by atoms with E-state index in [2.05, 4.69) is 26.2 Å². The summed E-state index contributed by atoms with van der Waals surface area (Å²) in [5.41, 5.74) is 1.43. The minimum atomic E-state index is -0.301. The second kappa shape index (κ2) is 9.07. The molecule has 1 heterocycles. The molecule has 0 radical (unpaired) electrons. The van der Waals surface area contributed by atoms with Crippen LogP contribution in [0.5, 0.6) is 17.2 Å². The van der Waals surface area contributed by atoms with Gasteiger partial charge in [0.25, 0.3) is 0 Å². The minimum absolute atomic E-state index is 0.140. The standard InChI is InChI=1S/C25H21BrN2O5/c1-13-22-19(29)12-18(15-5-10-20(31-3)21(11-15)32-4)24(25(30)23(22)14(2)33-13)28-27-17-8-6-16(26)7-9-17/h5-12,30H,1-4H3. The highest BCUT2D eigenvalue weighted by molar-refractivity contribution is 9.10. The Bertz CT molecular complexity index is 1440. The molecule has 0 bridgehead atoms. The third-order valence-electron chi connectivity index (χ3n) is 5.29. The van der Waals surface area contributed by atoms with Crippen molar-refractivity contribution in [1.29, 1.82) is 0 Å². The molecule has 1 aromatic heterocycles. The summed E-state index contributed by atoms with van der Waals surface area (Å²) in [4.78, 5) is 13.2. The molecular weight excluding hydrogens is 488 g/mol. The van der Waals surface area contributed by atoms with Crippen LogP contribution >= 0.6 is 15.9 Å². The number of azo groups is 1. The number of hydrogen-bond donors (Lipinski definition) is 1. The van der Waals surface area contributed by atoms with Gasteiger partial charge in [-0.2, -0.15) is 5.11 Å². The number of furan rings is 1. The first-order valence-electron chi connectivity index (χ1n) is 10.0. The zero-order valence-corrected chi connectivity index (χ0v) is 20.1. The van der Waals surface area contributed by atoms with Crippen molar-refractivity contribution in [1.82, 2.24) is 0 Å². The molecule has 168 valence electrons. The molecule has 0 saturated heterocycles. The van der Waals surface area contributed by atoms with Gasteiger partial charge in [-0.15, -0.1) is 5.11 Å². The Hall–Kier alpha value is -3.65. The lowest BCUT2D eigenvalue weighted by molar-refractivity contribution is 0.355. The molecule has 0 amide bonds. The van der Waals surface area contributed by atoms with Crippen molar-refractivity contribution in [3.8, 4) is 28.4 Å². The zero-order valence-electron chi connectivity index (χ0n) is 18.5. The largest absolute Gasteiger partial charge is 0.505 e. The van der Waals surface area contributed by atoms with E-state index in [1.165, 1.54) is 13.2 Å². The Labute approximate surface area is 198 Å². The van der Waals surface area contributed by atoms with Gasteiger partial charge < -0.3 is 19.0 Å². The first-order chi connectivity index (χ1) is 15.8. The average molecular weight is 509 g/mol. The van der Waals surface area contributed by atoms with Gasteiger partial charge in [-0.1, -0.05) is 22.0 Å². The average Bonchev–Trinajstić information content (AvgIpc) is 3.06. The molecule has 0 fully saturated rings. The van der Waals surface area contributed by atoms with Crippen LogP contribution in [-0.2, 0) is 0 Å². The quantitative estimate of drug-likeness (QED) is 0.293. The highest BCUT2D eigenvalue weighted by atomic mass is 79.9. The lowest BCUT2D eigenvalue weighted by atomic mass is 10.0. The predicted octanol–water partition coefficient (Wildman–Crippen LogP) is 6.98. The van der Waals surface area contributed by atoms with Gasteiger partial charge in [0, 0.05) is 10.0 Å². The maximum absolute atomic E-state index is 13.2. The fourth-order valence-electron chi connectivity index (χ4n) is 3.72. The maximum atomic E-state index is 13.2. The molecule has 0 aliphatic heterocycles. The van der Waals surface area contributed by atoms with Crippen molar-refractivity contribution in [2.75, 3.05) is 14.2 Å². The normalized spacial score (nSPS) is 11.3. The molecule has 0 unspecified atom stereocenters. The molecule has 7 nitrogen and oxygen atoms in total. The van der Waals surface area contributed by atoms with Gasteiger partial charge in [0.2, 0.25) is 0 Å². The molecule has 0 spiro atoms. The lowest BCUT2D eigenvalue weighted by Gasteiger charge is -2.10. The third-order valence-corrected chi connectivity index (χ3v) is 5.81. The van der Waals surface area contributed by atoms with E-state index < -0.39 is 0 Å². The maximum Gasteiger partial charge on any atom is 0.190 e. The van der Waals surface area contributed by atoms with E-state index in [0.29, 0.717) is 50.6 Å². The van der Waals surface area contributed by atoms with Crippen LogP contribution in [0.1, 0.15) is 11.5 Å². The van der Waals surface area contributed by atoms with Crippen LogP contribution in [0.4, 0.5) is 11.4 Å². The fraction of sp³-hybridized carbons (Fsp3) is 0.160. The number of aryl methyl sites for hydroxylation is 2. The lowest BCUT2D eigenvalue weighted by Crippen LogP contribution is -1.96. The monoisotopic (exact) mass is 508 g/mol. The van der Waals surface area contributed by atoms with E-state index in [0.717, 1.165) is 4.47 Å². The SMILES string of the molecule is COc1ccc(-c2cc(=O)c3c(C)oc(C)c3c(O)c2N=Nc2ccc(Br)cc2)cc1OC. The number of benzene rings is 2.